The van der Waals surface area contributed by atoms with E-state index in [0.29, 0.717) is 6.04 Å². The van der Waals surface area contributed by atoms with E-state index in [1.54, 1.807) is 11.8 Å². The molecule has 0 bridgehead atoms. The Morgan fingerprint density at radius 2 is 2.00 bits per heavy atom. The molecule has 0 spiro atoms. The standard InChI is InChI=1S/C15H22N2S/c1-11(2)17-15(5,9-16)10-18-14-7-6-12(3)13(4)8-14/h6-8,11,17H,10H2,1-5H3. The summed E-state index contributed by atoms with van der Waals surface area (Å²) < 4.78 is 0. The Kier molecular flexibility index (Phi) is 5.25. The highest BCUT2D eigenvalue weighted by molar-refractivity contribution is 7.99. The fourth-order valence-corrected chi connectivity index (χ4v) is 2.80. The van der Waals surface area contributed by atoms with Crippen molar-refractivity contribution in [3.8, 4) is 6.07 Å². The Labute approximate surface area is 115 Å². The average molecular weight is 262 g/mol. The lowest BCUT2D eigenvalue weighted by Gasteiger charge is -2.25. The fourth-order valence-electron chi connectivity index (χ4n) is 1.77. The van der Waals surface area contributed by atoms with Gasteiger partial charge in [-0.1, -0.05) is 6.07 Å². The number of hydrogen-bond acceptors (Lipinski definition) is 3. The summed E-state index contributed by atoms with van der Waals surface area (Å²) in [5, 5.41) is 12.6. The SMILES string of the molecule is Cc1ccc(SCC(C)(C#N)NC(C)C)cc1C. The van der Waals surface area contributed by atoms with Gasteiger partial charge in [0.2, 0.25) is 0 Å². The zero-order chi connectivity index (χ0) is 13.8. The van der Waals surface area contributed by atoms with Crippen LogP contribution in [0.1, 0.15) is 31.9 Å². The monoisotopic (exact) mass is 262 g/mol. The maximum atomic E-state index is 9.29. The minimum absolute atomic E-state index is 0.315. The van der Waals surface area contributed by atoms with Crippen LogP contribution >= 0.6 is 11.8 Å². The van der Waals surface area contributed by atoms with Crippen molar-refractivity contribution in [2.24, 2.45) is 0 Å². The van der Waals surface area contributed by atoms with Crippen molar-refractivity contribution in [3.63, 3.8) is 0 Å². The van der Waals surface area contributed by atoms with E-state index in [9.17, 15) is 5.26 Å². The number of hydrogen-bond donors (Lipinski definition) is 1. The first kappa shape index (κ1) is 15.1. The number of nitrogens with one attached hydrogen (secondary N) is 1. The van der Waals surface area contributed by atoms with Gasteiger partial charge in [0.15, 0.2) is 0 Å². The van der Waals surface area contributed by atoms with E-state index < -0.39 is 5.54 Å². The maximum absolute atomic E-state index is 9.29. The van der Waals surface area contributed by atoms with Gasteiger partial charge in [0, 0.05) is 16.7 Å². The molecule has 0 saturated heterocycles. The van der Waals surface area contributed by atoms with Crippen LogP contribution in [0.5, 0.6) is 0 Å². The van der Waals surface area contributed by atoms with Crippen LogP contribution in [0.25, 0.3) is 0 Å². The molecule has 0 amide bonds. The van der Waals surface area contributed by atoms with Gasteiger partial charge in [-0.05, 0) is 57.9 Å². The van der Waals surface area contributed by atoms with Crippen molar-refractivity contribution in [3.05, 3.63) is 29.3 Å². The number of benzene rings is 1. The zero-order valence-corrected chi connectivity index (χ0v) is 12.7. The molecule has 2 nitrogen and oxygen atoms in total. The number of nitriles is 1. The summed E-state index contributed by atoms with van der Waals surface area (Å²) in [4.78, 5) is 1.23. The van der Waals surface area contributed by atoms with E-state index in [0.717, 1.165) is 5.75 Å². The van der Waals surface area contributed by atoms with E-state index in [-0.39, 0.29) is 0 Å². The number of thioether (sulfide) groups is 1. The lowest BCUT2D eigenvalue weighted by molar-refractivity contribution is 0.443. The molecule has 0 aliphatic rings. The summed E-state index contributed by atoms with van der Waals surface area (Å²) in [6, 6.07) is 9.14. The molecule has 1 N–H and O–H groups in total. The number of rotatable bonds is 5. The minimum atomic E-state index is -0.475. The van der Waals surface area contributed by atoms with Crippen molar-refractivity contribution in [1.29, 1.82) is 5.26 Å². The van der Waals surface area contributed by atoms with Crippen LogP contribution in [-0.4, -0.2) is 17.3 Å². The molecule has 0 radical (unpaired) electrons. The van der Waals surface area contributed by atoms with Gasteiger partial charge in [0.25, 0.3) is 0 Å². The molecule has 0 heterocycles. The normalized spacial score (nSPS) is 14.3. The van der Waals surface area contributed by atoms with Gasteiger partial charge in [-0.15, -0.1) is 11.8 Å². The Morgan fingerprint density at radius 3 is 2.50 bits per heavy atom. The van der Waals surface area contributed by atoms with Gasteiger partial charge in [0.1, 0.15) is 5.54 Å². The second-order valence-corrected chi connectivity index (χ2v) is 6.33. The third kappa shape index (κ3) is 4.36. The highest BCUT2D eigenvalue weighted by atomic mass is 32.2. The zero-order valence-electron chi connectivity index (χ0n) is 11.9. The van der Waals surface area contributed by atoms with Crippen molar-refractivity contribution in [1.82, 2.24) is 5.32 Å². The molecule has 1 aromatic rings. The lowest BCUT2D eigenvalue weighted by Crippen LogP contribution is -2.47. The smallest absolute Gasteiger partial charge is 0.113 e. The molecule has 3 heteroatoms. The van der Waals surface area contributed by atoms with Crippen LogP contribution in [0.2, 0.25) is 0 Å². The van der Waals surface area contributed by atoms with Gasteiger partial charge < -0.3 is 0 Å². The Bertz CT molecular complexity index is 448. The van der Waals surface area contributed by atoms with Crippen molar-refractivity contribution < 1.29 is 0 Å². The Hall–Kier alpha value is -0.980. The van der Waals surface area contributed by atoms with E-state index in [1.165, 1.54) is 16.0 Å². The molecule has 0 aromatic heterocycles. The molecule has 0 saturated carbocycles. The van der Waals surface area contributed by atoms with Crippen LogP contribution in [-0.2, 0) is 0 Å². The summed E-state index contributed by atoms with van der Waals surface area (Å²) >= 11 is 1.73. The summed E-state index contributed by atoms with van der Waals surface area (Å²) in [5.74, 6) is 0.754. The molecule has 0 fully saturated rings. The van der Waals surface area contributed by atoms with Crippen LogP contribution < -0.4 is 5.32 Å². The summed E-state index contributed by atoms with van der Waals surface area (Å²) in [6.07, 6.45) is 0. The fraction of sp³-hybridized carbons (Fsp3) is 0.533. The van der Waals surface area contributed by atoms with Gasteiger partial charge in [0.05, 0.1) is 6.07 Å². The minimum Gasteiger partial charge on any atom is -0.297 e. The topological polar surface area (TPSA) is 35.8 Å². The molecular weight excluding hydrogens is 240 g/mol. The second kappa shape index (κ2) is 6.26. The number of aryl methyl sites for hydroxylation is 2. The first-order chi connectivity index (χ1) is 8.36. The predicted octanol–water partition coefficient (Wildman–Crippen LogP) is 3.68. The molecular formula is C15H22N2S. The van der Waals surface area contributed by atoms with Gasteiger partial charge in [-0.3, -0.25) is 5.32 Å². The van der Waals surface area contributed by atoms with Crippen molar-refractivity contribution in [2.45, 2.75) is 51.1 Å². The molecule has 18 heavy (non-hydrogen) atoms. The molecule has 1 atom stereocenters. The molecule has 1 aromatic carbocycles. The first-order valence-electron chi connectivity index (χ1n) is 6.25. The predicted molar refractivity (Wildman–Crippen MR) is 78.9 cm³/mol. The molecule has 0 aliphatic carbocycles. The molecule has 98 valence electrons. The van der Waals surface area contributed by atoms with E-state index in [1.807, 2.05) is 6.92 Å². The second-order valence-electron chi connectivity index (χ2n) is 5.28. The van der Waals surface area contributed by atoms with Gasteiger partial charge in [-0.25, -0.2) is 0 Å². The first-order valence-corrected chi connectivity index (χ1v) is 7.24. The van der Waals surface area contributed by atoms with Crippen LogP contribution in [0.15, 0.2) is 23.1 Å². The summed E-state index contributed by atoms with van der Waals surface area (Å²) in [6.45, 7) is 10.3. The molecule has 1 rings (SSSR count). The maximum Gasteiger partial charge on any atom is 0.113 e. The highest BCUT2D eigenvalue weighted by Crippen LogP contribution is 2.24. The number of nitrogens with zero attached hydrogens (tertiary/aromatic N) is 1. The lowest BCUT2D eigenvalue weighted by atomic mass is 10.1. The summed E-state index contributed by atoms with van der Waals surface area (Å²) in [7, 11) is 0. The van der Waals surface area contributed by atoms with Crippen molar-refractivity contribution >= 4 is 11.8 Å². The van der Waals surface area contributed by atoms with Crippen LogP contribution in [0, 0.1) is 25.2 Å². The molecule has 0 aliphatic heterocycles. The van der Waals surface area contributed by atoms with E-state index in [4.69, 9.17) is 0 Å². The van der Waals surface area contributed by atoms with Gasteiger partial charge in [-0.2, -0.15) is 5.26 Å². The van der Waals surface area contributed by atoms with E-state index >= 15 is 0 Å². The van der Waals surface area contributed by atoms with Crippen LogP contribution in [0.4, 0.5) is 0 Å². The highest BCUT2D eigenvalue weighted by Gasteiger charge is 2.24. The Balaban J connectivity index is 2.68. The van der Waals surface area contributed by atoms with E-state index in [2.05, 4.69) is 57.3 Å². The van der Waals surface area contributed by atoms with Gasteiger partial charge >= 0.3 is 0 Å². The largest absolute Gasteiger partial charge is 0.297 e. The quantitative estimate of drug-likeness (QED) is 0.822. The third-order valence-electron chi connectivity index (χ3n) is 2.86. The van der Waals surface area contributed by atoms with Crippen molar-refractivity contribution in [2.75, 3.05) is 5.75 Å². The average Bonchev–Trinajstić information content (AvgIpc) is 2.30. The Morgan fingerprint density at radius 1 is 1.33 bits per heavy atom. The third-order valence-corrected chi connectivity index (χ3v) is 4.17. The molecule has 1 unspecified atom stereocenters. The summed E-state index contributed by atoms with van der Waals surface area (Å²) in [5.41, 5.74) is 2.13. The van der Waals surface area contributed by atoms with Crippen LogP contribution in [0.3, 0.4) is 0 Å².